The first-order valence-electron chi connectivity index (χ1n) is 8.33. The van der Waals surface area contributed by atoms with E-state index < -0.39 is 0 Å². The highest BCUT2D eigenvalue weighted by atomic mass is 16.3. The highest BCUT2D eigenvalue weighted by Gasteiger charge is 2.53. The van der Waals surface area contributed by atoms with Crippen LogP contribution in [0.4, 0.5) is 0 Å². The van der Waals surface area contributed by atoms with Gasteiger partial charge in [-0.25, -0.2) is 0 Å². The van der Waals surface area contributed by atoms with Gasteiger partial charge in [0.25, 0.3) is 0 Å². The number of nitrogens with zero attached hydrogens (tertiary/aromatic N) is 1. The highest BCUT2D eigenvalue weighted by molar-refractivity contribution is 5.86. The van der Waals surface area contributed by atoms with E-state index in [1.165, 1.54) is 48.1 Å². The summed E-state index contributed by atoms with van der Waals surface area (Å²) >= 11 is 0. The number of rotatable bonds is 1. The van der Waals surface area contributed by atoms with E-state index in [4.69, 9.17) is 0 Å². The van der Waals surface area contributed by atoms with Crippen molar-refractivity contribution in [2.75, 3.05) is 13.1 Å². The van der Waals surface area contributed by atoms with Gasteiger partial charge in [-0.05, 0) is 48.4 Å². The summed E-state index contributed by atoms with van der Waals surface area (Å²) in [6, 6.07) is 6.52. The topological polar surface area (TPSA) is 39.3 Å². The van der Waals surface area contributed by atoms with Gasteiger partial charge in [0.05, 0.1) is 0 Å². The van der Waals surface area contributed by atoms with Crippen molar-refractivity contribution < 1.29 is 5.11 Å². The molecule has 21 heavy (non-hydrogen) atoms. The van der Waals surface area contributed by atoms with Gasteiger partial charge in [-0.15, -0.1) is 0 Å². The molecule has 1 aromatic heterocycles. The average molecular weight is 282 g/mol. The number of H-pyrrole nitrogens is 1. The number of fused-ring (bicyclic) bond motifs is 5. The minimum atomic E-state index is 0.382. The molecule has 2 bridgehead atoms. The van der Waals surface area contributed by atoms with E-state index in [0.29, 0.717) is 11.7 Å². The molecule has 2 fully saturated rings. The monoisotopic (exact) mass is 282 g/mol. The Bertz CT molecular complexity index is 719. The van der Waals surface area contributed by atoms with Gasteiger partial charge in [0.15, 0.2) is 0 Å². The molecule has 3 nitrogen and oxygen atoms in total. The Morgan fingerprint density at radius 3 is 3.10 bits per heavy atom. The Hall–Kier alpha value is -1.48. The quantitative estimate of drug-likeness (QED) is 0.843. The van der Waals surface area contributed by atoms with E-state index in [1.807, 2.05) is 12.1 Å². The lowest BCUT2D eigenvalue weighted by Crippen LogP contribution is -2.37. The molecular formula is C18H22N2O. The molecule has 1 aromatic carbocycles. The molecule has 0 amide bonds. The van der Waals surface area contributed by atoms with Crippen molar-refractivity contribution in [3.8, 4) is 5.75 Å². The molecule has 3 aliphatic rings. The van der Waals surface area contributed by atoms with Crippen LogP contribution in [-0.4, -0.2) is 34.1 Å². The fraction of sp³-hybridized carbons (Fsp3) is 0.556. The van der Waals surface area contributed by atoms with Crippen LogP contribution in [0.25, 0.3) is 10.9 Å². The van der Waals surface area contributed by atoms with E-state index in [1.54, 1.807) is 6.07 Å². The van der Waals surface area contributed by atoms with Crippen molar-refractivity contribution in [3.05, 3.63) is 29.5 Å². The number of hydrogen-bond donors (Lipinski definition) is 2. The fourth-order valence-corrected chi connectivity index (χ4v) is 5.58. The molecule has 110 valence electrons. The first-order chi connectivity index (χ1) is 10.3. The SMILES string of the molecule is CC[C@H]1[C@@H]2C[C@H]3c4[nH]c5ccc(O)cc5c4CCN(C2)[C@@H]13. The van der Waals surface area contributed by atoms with E-state index in [-0.39, 0.29) is 0 Å². The molecule has 5 rings (SSSR count). The summed E-state index contributed by atoms with van der Waals surface area (Å²) in [6.07, 6.45) is 3.79. The number of aromatic hydroxyl groups is 1. The van der Waals surface area contributed by atoms with Crippen LogP contribution in [0.2, 0.25) is 0 Å². The van der Waals surface area contributed by atoms with Crippen LogP contribution < -0.4 is 0 Å². The molecule has 3 heterocycles. The number of benzene rings is 1. The lowest BCUT2D eigenvalue weighted by Gasteiger charge is -2.31. The molecule has 1 aliphatic carbocycles. The summed E-state index contributed by atoms with van der Waals surface area (Å²) in [7, 11) is 0. The number of aromatic nitrogens is 1. The zero-order chi connectivity index (χ0) is 14.1. The third-order valence-corrected chi connectivity index (χ3v) is 6.32. The van der Waals surface area contributed by atoms with Crippen LogP contribution in [0, 0.1) is 11.8 Å². The van der Waals surface area contributed by atoms with Crippen LogP contribution in [-0.2, 0) is 6.42 Å². The number of phenolic OH excluding ortho intramolecular Hbond substituents is 1. The van der Waals surface area contributed by atoms with Gasteiger partial charge < -0.3 is 10.1 Å². The zero-order valence-electron chi connectivity index (χ0n) is 12.5. The van der Waals surface area contributed by atoms with Gasteiger partial charge in [0, 0.05) is 41.6 Å². The normalized spacial score (nSPS) is 34.3. The van der Waals surface area contributed by atoms with Gasteiger partial charge >= 0.3 is 0 Å². The van der Waals surface area contributed by atoms with Crippen molar-refractivity contribution in [2.45, 2.75) is 38.1 Å². The Balaban J connectivity index is 1.70. The maximum atomic E-state index is 9.82. The number of piperidine rings is 1. The Morgan fingerprint density at radius 2 is 2.29 bits per heavy atom. The molecular weight excluding hydrogens is 260 g/mol. The smallest absolute Gasteiger partial charge is 0.116 e. The maximum absolute atomic E-state index is 9.82. The molecule has 0 unspecified atom stereocenters. The second-order valence-corrected chi connectivity index (χ2v) is 7.16. The summed E-state index contributed by atoms with van der Waals surface area (Å²) < 4.78 is 0. The Morgan fingerprint density at radius 1 is 1.38 bits per heavy atom. The summed E-state index contributed by atoms with van der Waals surface area (Å²) in [5, 5.41) is 11.1. The summed E-state index contributed by atoms with van der Waals surface area (Å²) in [4.78, 5) is 6.45. The van der Waals surface area contributed by atoms with E-state index in [2.05, 4.69) is 16.8 Å². The number of nitrogens with one attached hydrogen (secondary N) is 1. The predicted molar refractivity (Wildman–Crippen MR) is 83.7 cm³/mol. The van der Waals surface area contributed by atoms with Crippen molar-refractivity contribution in [3.63, 3.8) is 0 Å². The van der Waals surface area contributed by atoms with Crippen LogP contribution in [0.15, 0.2) is 18.2 Å². The maximum Gasteiger partial charge on any atom is 0.116 e. The first-order valence-corrected chi connectivity index (χ1v) is 8.33. The largest absolute Gasteiger partial charge is 0.508 e. The van der Waals surface area contributed by atoms with Crippen molar-refractivity contribution >= 4 is 10.9 Å². The van der Waals surface area contributed by atoms with E-state index >= 15 is 0 Å². The number of aromatic amines is 1. The standard InChI is InChI=1S/C18H22N2O/c1-2-12-10-7-15-17-13(5-6-20(9-10)18(12)15)14-8-11(21)3-4-16(14)19-17/h3-4,8,10,12,15,18-19,21H,2,5-7,9H2,1H3/t10-,12+,15+,18+/m1/s1. The van der Waals surface area contributed by atoms with Gasteiger partial charge in [0.2, 0.25) is 0 Å². The minimum Gasteiger partial charge on any atom is -0.508 e. The average Bonchev–Trinajstić information content (AvgIpc) is 3.10. The molecule has 2 aromatic rings. The van der Waals surface area contributed by atoms with E-state index in [9.17, 15) is 5.11 Å². The third-order valence-electron chi connectivity index (χ3n) is 6.32. The third kappa shape index (κ3) is 1.48. The van der Waals surface area contributed by atoms with Gasteiger partial charge in [-0.3, -0.25) is 4.90 Å². The molecule has 4 atom stereocenters. The summed E-state index contributed by atoms with van der Waals surface area (Å²) in [5.41, 5.74) is 4.14. The highest BCUT2D eigenvalue weighted by Crippen LogP contribution is 2.54. The molecule has 1 saturated carbocycles. The second-order valence-electron chi connectivity index (χ2n) is 7.16. The molecule has 0 radical (unpaired) electrons. The molecule has 0 spiro atoms. The summed E-state index contributed by atoms with van der Waals surface area (Å²) in [5.74, 6) is 2.85. The Labute approximate surface area is 125 Å². The predicted octanol–water partition coefficient (Wildman–Crippen LogP) is 3.24. The lowest BCUT2D eigenvalue weighted by molar-refractivity contribution is 0.193. The van der Waals surface area contributed by atoms with Crippen LogP contribution in [0.1, 0.15) is 36.9 Å². The van der Waals surface area contributed by atoms with Gasteiger partial charge in [-0.2, -0.15) is 0 Å². The Kier molecular flexibility index (Phi) is 2.33. The van der Waals surface area contributed by atoms with Crippen LogP contribution in [0.3, 0.4) is 0 Å². The zero-order valence-corrected chi connectivity index (χ0v) is 12.5. The molecule has 1 saturated heterocycles. The first kappa shape index (κ1) is 12.1. The second kappa shape index (κ2) is 4.04. The fourth-order valence-electron chi connectivity index (χ4n) is 5.58. The van der Waals surface area contributed by atoms with Crippen LogP contribution >= 0.6 is 0 Å². The minimum absolute atomic E-state index is 0.382. The van der Waals surface area contributed by atoms with Crippen molar-refractivity contribution in [2.24, 2.45) is 11.8 Å². The van der Waals surface area contributed by atoms with Gasteiger partial charge in [0.1, 0.15) is 5.75 Å². The number of hydrogen-bond acceptors (Lipinski definition) is 2. The molecule has 2 aliphatic heterocycles. The molecule has 3 heteroatoms. The van der Waals surface area contributed by atoms with E-state index in [0.717, 1.165) is 24.3 Å². The lowest BCUT2D eigenvalue weighted by atomic mass is 9.92. The number of phenols is 1. The summed E-state index contributed by atoms with van der Waals surface area (Å²) in [6.45, 7) is 4.86. The van der Waals surface area contributed by atoms with Crippen molar-refractivity contribution in [1.82, 2.24) is 9.88 Å². The van der Waals surface area contributed by atoms with Gasteiger partial charge in [-0.1, -0.05) is 13.3 Å². The van der Waals surface area contributed by atoms with Crippen LogP contribution in [0.5, 0.6) is 5.75 Å². The van der Waals surface area contributed by atoms with Crippen molar-refractivity contribution in [1.29, 1.82) is 0 Å². The molecule has 2 N–H and O–H groups in total.